The Balaban J connectivity index is 3.08. The van der Waals surface area contributed by atoms with Crippen LogP contribution in [0.15, 0.2) is 0 Å². The SMILES string of the molecule is CN[C@@H](CC(=O)O)C(=O)NC(C(=O)N[C@@H](CSC)C(=O)O)[C@H]1O[C@H](O)[C@H](O)[C@H]1O. The summed E-state index contributed by atoms with van der Waals surface area (Å²) in [4.78, 5) is 47.2. The van der Waals surface area contributed by atoms with E-state index in [4.69, 9.17) is 9.84 Å². The fourth-order valence-corrected chi connectivity index (χ4v) is 3.17. The number of carboxylic acids is 2. The third kappa shape index (κ3) is 6.80. The number of aliphatic carboxylic acids is 2. The second kappa shape index (κ2) is 11.3. The molecule has 1 heterocycles. The van der Waals surface area contributed by atoms with E-state index in [1.165, 1.54) is 7.05 Å². The van der Waals surface area contributed by atoms with Gasteiger partial charge in [-0.25, -0.2) is 4.79 Å². The van der Waals surface area contributed by atoms with E-state index in [-0.39, 0.29) is 5.75 Å². The third-order valence-electron chi connectivity index (χ3n) is 4.18. The lowest BCUT2D eigenvalue weighted by Crippen LogP contribution is -2.61. The molecule has 1 rings (SSSR count). The highest BCUT2D eigenvalue weighted by molar-refractivity contribution is 7.98. The van der Waals surface area contributed by atoms with Crippen LogP contribution in [0.5, 0.6) is 0 Å². The molecule has 0 bridgehead atoms. The van der Waals surface area contributed by atoms with E-state index in [1.807, 2.05) is 0 Å². The Hall–Kier alpha value is -1.97. The van der Waals surface area contributed by atoms with Crippen LogP contribution in [-0.4, -0.2) is 111 Å². The Morgan fingerprint density at radius 1 is 1.00 bits per heavy atom. The third-order valence-corrected chi connectivity index (χ3v) is 4.84. The van der Waals surface area contributed by atoms with E-state index >= 15 is 0 Å². The zero-order valence-electron chi connectivity index (χ0n) is 15.6. The number of carbonyl (C=O) groups is 4. The number of hydrogen-bond donors (Lipinski definition) is 8. The predicted molar refractivity (Wildman–Crippen MR) is 97.9 cm³/mol. The number of amides is 2. The topological polar surface area (TPSA) is 215 Å². The zero-order valence-corrected chi connectivity index (χ0v) is 16.5. The highest BCUT2D eigenvalue weighted by Gasteiger charge is 2.49. The highest BCUT2D eigenvalue weighted by atomic mass is 32.2. The number of carbonyl (C=O) groups excluding carboxylic acids is 2. The molecule has 1 fully saturated rings. The molecule has 0 radical (unpaired) electrons. The van der Waals surface area contributed by atoms with Gasteiger partial charge in [-0.1, -0.05) is 0 Å². The van der Waals surface area contributed by atoms with Crippen molar-refractivity contribution in [3.8, 4) is 0 Å². The molecule has 166 valence electrons. The number of thioether (sulfide) groups is 1. The van der Waals surface area contributed by atoms with Crippen molar-refractivity contribution in [1.82, 2.24) is 16.0 Å². The van der Waals surface area contributed by atoms with Crippen molar-refractivity contribution in [2.45, 2.75) is 49.1 Å². The maximum Gasteiger partial charge on any atom is 0.327 e. The van der Waals surface area contributed by atoms with Crippen LogP contribution < -0.4 is 16.0 Å². The first-order chi connectivity index (χ1) is 13.5. The smallest absolute Gasteiger partial charge is 0.327 e. The van der Waals surface area contributed by atoms with Gasteiger partial charge in [0.05, 0.1) is 12.5 Å². The van der Waals surface area contributed by atoms with Gasteiger partial charge >= 0.3 is 11.9 Å². The van der Waals surface area contributed by atoms with E-state index in [1.54, 1.807) is 6.26 Å². The minimum Gasteiger partial charge on any atom is -0.481 e. The summed E-state index contributed by atoms with van der Waals surface area (Å²) in [7, 11) is 1.32. The largest absolute Gasteiger partial charge is 0.481 e. The van der Waals surface area contributed by atoms with Crippen molar-refractivity contribution in [2.24, 2.45) is 0 Å². The summed E-state index contributed by atoms with van der Waals surface area (Å²) < 4.78 is 4.96. The van der Waals surface area contributed by atoms with Crippen molar-refractivity contribution < 1.29 is 49.4 Å². The molecular formula is C15H25N3O10S. The van der Waals surface area contributed by atoms with Crippen LogP contribution >= 0.6 is 11.8 Å². The lowest BCUT2D eigenvalue weighted by molar-refractivity contribution is -0.150. The van der Waals surface area contributed by atoms with Gasteiger partial charge in [0.15, 0.2) is 6.29 Å². The molecule has 8 N–H and O–H groups in total. The molecule has 0 spiro atoms. The summed E-state index contributed by atoms with van der Waals surface area (Å²) >= 11 is 1.14. The minimum absolute atomic E-state index is 0.000772. The van der Waals surface area contributed by atoms with E-state index in [9.17, 15) is 39.6 Å². The number of ether oxygens (including phenoxy) is 1. The van der Waals surface area contributed by atoms with E-state index in [0.29, 0.717) is 0 Å². The first kappa shape index (κ1) is 25.1. The van der Waals surface area contributed by atoms with Crippen molar-refractivity contribution in [3.63, 3.8) is 0 Å². The van der Waals surface area contributed by atoms with Crippen LogP contribution in [0.2, 0.25) is 0 Å². The summed E-state index contributed by atoms with van der Waals surface area (Å²) in [5.74, 6) is -4.65. The van der Waals surface area contributed by atoms with Crippen LogP contribution in [0.4, 0.5) is 0 Å². The van der Waals surface area contributed by atoms with E-state index < -0.39 is 72.9 Å². The standard InChI is InChI=1S/C15H25N3O10S/c1-16-5(3-7(19)20)12(23)18-8(11-9(21)10(22)15(27)28-11)13(24)17-6(4-29-2)14(25)26/h5-6,8-11,15-16,21-22,27H,3-4H2,1-2H3,(H,17,24)(H,18,23)(H,19,20)(H,25,26)/t5-,6-,8?,9+,10+,11+,15-/m0/s1. The number of nitrogens with one attached hydrogen (secondary N) is 3. The molecule has 0 aromatic rings. The van der Waals surface area contributed by atoms with Gasteiger partial charge < -0.3 is 46.2 Å². The van der Waals surface area contributed by atoms with Gasteiger partial charge in [-0.2, -0.15) is 11.8 Å². The summed E-state index contributed by atoms with van der Waals surface area (Å²) in [6, 6.07) is -4.31. The van der Waals surface area contributed by atoms with Gasteiger partial charge in [-0.15, -0.1) is 0 Å². The Bertz CT molecular complexity index is 621. The molecule has 1 aliphatic rings. The van der Waals surface area contributed by atoms with Crippen LogP contribution in [0.3, 0.4) is 0 Å². The molecule has 1 saturated heterocycles. The summed E-state index contributed by atoms with van der Waals surface area (Å²) in [5.41, 5.74) is 0. The second-order valence-corrected chi connectivity index (χ2v) is 7.16. The lowest BCUT2D eigenvalue weighted by Gasteiger charge is -2.28. The number of aliphatic hydroxyl groups excluding tert-OH is 3. The molecule has 7 atom stereocenters. The number of aliphatic hydroxyl groups is 3. The molecule has 2 amide bonds. The molecule has 1 unspecified atom stereocenters. The normalized spacial score (nSPS) is 26.9. The van der Waals surface area contributed by atoms with E-state index in [0.717, 1.165) is 11.8 Å². The Morgan fingerprint density at radius 3 is 2.03 bits per heavy atom. The van der Waals surface area contributed by atoms with E-state index in [2.05, 4.69) is 16.0 Å². The van der Waals surface area contributed by atoms with Gasteiger partial charge in [0.1, 0.15) is 30.4 Å². The molecule has 13 nitrogen and oxygen atoms in total. The van der Waals surface area contributed by atoms with Gasteiger partial charge in [-0.3, -0.25) is 14.4 Å². The van der Waals surface area contributed by atoms with Crippen LogP contribution in [0.25, 0.3) is 0 Å². The summed E-state index contributed by atoms with van der Waals surface area (Å²) in [5, 5.41) is 54.2. The molecule has 0 aromatic heterocycles. The van der Waals surface area contributed by atoms with Crippen LogP contribution in [-0.2, 0) is 23.9 Å². The van der Waals surface area contributed by atoms with Gasteiger partial charge in [0.25, 0.3) is 0 Å². The molecule has 0 saturated carbocycles. The maximum atomic E-state index is 12.7. The Labute approximate surface area is 169 Å². The average molecular weight is 439 g/mol. The minimum atomic E-state index is -1.84. The quantitative estimate of drug-likeness (QED) is 0.154. The first-order valence-electron chi connectivity index (χ1n) is 8.44. The van der Waals surface area contributed by atoms with Gasteiger partial charge in [-0.05, 0) is 13.3 Å². The monoisotopic (exact) mass is 439 g/mol. The average Bonchev–Trinajstić information content (AvgIpc) is 2.90. The molecular weight excluding hydrogens is 414 g/mol. The molecule has 29 heavy (non-hydrogen) atoms. The molecule has 1 aliphatic heterocycles. The van der Waals surface area contributed by atoms with Crippen LogP contribution in [0, 0.1) is 0 Å². The zero-order chi connectivity index (χ0) is 22.3. The van der Waals surface area contributed by atoms with Crippen molar-refractivity contribution >= 4 is 35.5 Å². The Morgan fingerprint density at radius 2 is 1.62 bits per heavy atom. The number of likely N-dealkylation sites (N-methyl/N-ethyl adjacent to an activating group) is 1. The molecule has 14 heteroatoms. The Kier molecular flexibility index (Phi) is 9.75. The lowest BCUT2D eigenvalue weighted by atomic mass is 10.0. The number of hydrogen-bond acceptors (Lipinski definition) is 10. The van der Waals surface area contributed by atoms with Gasteiger partial charge in [0, 0.05) is 5.75 Å². The van der Waals surface area contributed by atoms with Gasteiger partial charge in [0.2, 0.25) is 11.8 Å². The van der Waals surface area contributed by atoms with Crippen molar-refractivity contribution in [3.05, 3.63) is 0 Å². The molecule has 0 aliphatic carbocycles. The second-order valence-electron chi connectivity index (χ2n) is 6.25. The summed E-state index contributed by atoms with van der Waals surface area (Å²) in [6.45, 7) is 0. The first-order valence-corrected chi connectivity index (χ1v) is 9.84. The van der Waals surface area contributed by atoms with Crippen LogP contribution in [0.1, 0.15) is 6.42 Å². The number of carboxylic acid groups (broad SMARTS) is 2. The predicted octanol–water partition coefficient (Wildman–Crippen LogP) is -4.09. The molecule has 0 aromatic carbocycles. The summed E-state index contributed by atoms with van der Waals surface area (Å²) in [6.07, 6.45) is -6.02. The fourth-order valence-electron chi connectivity index (χ4n) is 2.61. The van der Waals surface area contributed by atoms with Crippen molar-refractivity contribution in [2.75, 3.05) is 19.1 Å². The number of rotatable bonds is 11. The fraction of sp³-hybridized carbons (Fsp3) is 0.733. The van der Waals surface area contributed by atoms with Crippen molar-refractivity contribution in [1.29, 1.82) is 0 Å². The highest BCUT2D eigenvalue weighted by Crippen LogP contribution is 2.23. The maximum absolute atomic E-state index is 12.7.